The van der Waals surface area contributed by atoms with Crippen molar-refractivity contribution in [2.45, 2.75) is 96.9 Å². The Hall–Kier alpha value is -3.60. The van der Waals surface area contributed by atoms with Crippen LogP contribution in [0.25, 0.3) is 11.8 Å². The van der Waals surface area contributed by atoms with Gasteiger partial charge in [-0.2, -0.15) is 5.10 Å². The van der Waals surface area contributed by atoms with Crippen LogP contribution in [-0.4, -0.2) is 66.7 Å². The Balaban J connectivity index is 1.39. The summed E-state index contributed by atoms with van der Waals surface area (Å²) in [5.41, 5.74) is -2.77. The third-order valence-corrected chi connectivity index (χ3v) is 11.7. The number of aliphatic hydroxyl groups excluding tert-OH is 1. The Morgan fingerprint density at radius 1 is 1.11 bits per heavy atom. The fourth-order valence-electron chi connectivity index (χ4n) is 9.59. The SMILES string of the molecule is CCC(=O)OCC(=O)C1(OC(=O)CC)[C@@H](C)C[C@H]2[C@@H]3CCC4=Cc5c(cnn5-c5cncc(O)c5)C[C@]4(C)[C@@]3(F)[C@@H](O)C[C@@]21C. The van der Waals surface area contributed by atoms with Crippen LogP contribution in [0.1, 0.15) is 84.4 Å². The number of pyridine rings is 1. The molecule has 0 aliphatic heterocycles. The van der Waals surface area contributed by atoms with E-state index in [9.17, 15) is 24.6 Å². The molecule has 2 aromatic heterocycles. The zero-order valence-electron chi connectivity index (χ0n) is 26.5. The number of allylic oxidation sites excluding steroid dienone is 1. The van der Waals surface area contributed by atoms with E-state index in [1.807, 2.05) is 26.8 Å². The van der Waals surface area contributed by atoms with E-state index < -0.39 is 64.4 Å². The van der Waals surface area contributed by atoms with Crippen LogP contribution in [0.3, 0.4) is 0 Å². The summed E-state index contributed by atoms with van der Waals surface area (Å²) >= 11 is 0. The maximum atomic E-state index is 18.2. The van der Waals surface area contributed by atoms with E-state index in [0.717, 1.165) is 16.8 Å². The zero-order valence-corrected chi connectivity index (χ0v) is 26.5. The van der Waals surface area contributed by atoms with Gasteiger partial charge in [-0.1, -0.05) is 40.2 Å². The summed E-state index contributed by atoms with van der Waals surface area (Å²) in [5, 5.41) is 26.5. The minimum absolute atomic E-state index is 0.00939. The molecule has 8 atom stereocenters. The van der Waals surface area contributed by atoms with Gasteiger partial charge in [0.25, 0.3) is 0 Å². The Kier molecular flexibility index (Phi) is 7.49. The van der Waals surface area contributed by atoms with Gasteiger partial charge in [-0.15, -0.1) is 0 Å². The van der Waals surface area contributed by atoms with Crippen molar-refractivity contribution in [3.05, 3.63) is 41.5 Å². The molecule has 45 heavy (non-hydrogen) atoms. The number of ketones is 1. The van der Waals surface area contributed by atoms with E-state index in [2.05, 4.69) is 10.1 Å². The molecule has 11 heteroatoms. The molecular weight excluding hydrogens is 581 g/mol. The minimum Gasteiger partial charge on any atom is -0.506 e. The van der Waals surface area contributed by atoms with Crippen molar-refractivity contribution in [2.75, 3.05) is 6.61 Å². The summed E-state index contributed by atoms with van der Waals surface area (Å²) in [4.78, 5) is 43.0. The number of alkyl halides is 1. The molecule has 4 aliphatic carbocycles. The van der Waals surface area contributed by atoms with Crippen molar-refractivity contribution < 1.29 is 38.5 Å². The number of fused-ring (bicyclic) bond motifs is 6. The van der Waals surface area contributed by atoms with E-state index in [-0.39, 0.29) is 30.9 Å². The largest absolute Gasteiger partial charge is 0.506 e. The number of halogens is 1. The second-order valence-corrected chi connectivity index (χ2v) is 13.8. The van der Waals surface area contributed by atoms with Gasteiger partial charge >= 0.3 is 11.9 Å². The van der Waals surface area contributed by atoms with E-state index in [0.29, 0.717) is 31.4 Å². The van der Waals surface area contributed by atoms with Crippen molar-refractivity contribution in [1.82, 2.24) is 14.8 Å². The lowest BCUT2D eigenvalue weighted by molar-refractivity contribution is -0.234. The normalized spacial score (nSPS) is 36.6. The number of nitrogens with zero attached hydrogens (tertiary/aromatic N) is 3. The molecule has 0 amide bonds. The number of aliphatic hydroxyl groups is 1. The van der Waals surface area contributed by atoms with Crippen LogP contribution in [-0.2, 0) is 30.3 Å². The Morgan fingerprint density at radius 2 is 1.84 bits per heavy atom. The number of hydrogen-bond donors (Lipinski definition) is 2. The number of aromatic hydroxyl groups is 1. The van der Waals surface area contributed by atoms with E-state index in [1.165, 1.54) is 6.20 Å². The van der Waals surface area contributed by atoms with Crippen LogP contribution in [0, 0.1) is 28.6 Å². The molecule has 3 saturated carbocycles. The summed E-state index contributed by atoms with van der Waals surface area (Å²) in [6, 6.07) is 1.56. The molecule has 0 bridgehead atoms. The number of ether oxygens (including phenoxy) is 2. The number of Topliss-reactive ketones (excluding diaryl/α,β-unsaturated/α-hetero) is 1. The smallest absolute Gasteiger partial charge is 0.306 e. The predicted octanol–water partition coefficient (Wildman–Crippen LogP) is 4.68. The third kappa shape index (κ3) is 4.25. The molecule has 242 valence electrons. The fourth-order valence-corrected chi connectivity index (χ4v) is 9.59. The van der Waals surface area contributed by atoms with Crippen LogP contribution in [0.5, 0.6) is 5.75 Å². The zero-order chi connectivity index (χ0) is 32.5. The van der Waals surface area contributed by atoms with Gasteiger partial charge in [0.15, 0.2) is 12.2 Å². The quantitative estimate of drug-likeness (QED) is 0.421. The topological polar surface area (TPSA) is 141 Å². The molecule has 3 fully saturated rings. The highest BCUT2D eigenvalue weighted by molar-refractivity contribution is 5.93. The first kappa shape index (κ1) is 31.4. The number of carbonyl (C=O) groups is 3. The number of aromatic nitrogens is 3. The molecule has 2 N–H and O–H groups in total. The number of carbonyl (C=O) groups excluding carboxylic acids is 3. The highest BCUT2D eigenvalue weighted by Crippen LogP contribution is 2.72. The average Bonchev–Trinajstić information content (AvgIpc) is 3.50. The number of rotatable bonds is 7. The second kappa shape index (κ2) is 10.7. The van der Waals surface area contributed by atoms with E-state index >= 15 is 4.39 Å². The first-order valence-electron chi connectivity index (χ1n) is 16.0. The molecule has 6 rings (SSSR count). The summed E-state index contributed by atoms with van der Waals surface area (Å²) in [7, 11) is 0. The maximum absolute atomic E-state index is 18.2. The van der Waals surface area contributed by atoms with E-state index in [1.54, 1.807) is 37.0 Å². The molecule has 10 nitrogen and oxygen atoms in total. The fraction of sp³-hybridized carbons (Fsp3) is 0.618. The minimum atomic E-state index is -2.03. The van der Waals surface area contributed by atoms with Crippen LogP contribution in [0.2, 0.25) is 0 Å². The molecule has 0 aromatic carbocycles. The van der Waals surface area contributed by atoms with Crippen LogP contribution in [0.4, 0.5) is 4.39 Å². The van der Waals surface area contributed by atoms with E-state index in [4.69, 9.17) is 9.47 Å². The van der Waals surface area contributed by atoms with Crippen LogP contribution in [0.15, 0.2) is 30.2 Å². The van der Waals surface area contributed by atoms with Crippen LogP contribution >= 0.6 is 0 Å². The van der Waals surface area contributed by atoms with Gasteiger partial charge in [0.05, 0.1) is 36.1 Å². The van der Waals surface area contributed by atoms with Crippen molar-refractivity contribution >= 4 is 23.8 Å². The maximum Gasteiger partial charge on any atom is 0.306 e. The molecule has 0 spiro atoms. The Bertz CT molecular complexity index is 1590. The lowest BCUT2D eigenvalue weighted by atomic mass is 9.43. The van der Waals surface area contributed by atoms with Crippen molar-refractivity contribution in [2.24, 2.45) is 28.6 Å². The summed E-state index contributed by atoms with van der Waals surface area (Å²) in [6.45, 7) is 8.28. The van der Waals surface area contributed by atoms with Crippen molar-refractivity contribution in [3.63, 3.8) is 0 Å². The lowest BCUT2D eigenvalue weighted by Crippen LogP contribution is -2.70. The van der Waals surface area contributed by atoms with Gasteiger partial charge < -0.3 is 19.7 Å². The molecule has 4 aliphatic rings. The van der Waals surface area contributed by atoms with Gasteiger partial charge in [0, 0.05) is 41.6 Å². The van der Waals surface area contributed by atoms with Gasteiger partial charge in [0.2, 0.25) is 5.78 Å². The predicted molar refractivity (Wildman–Crippen MR) is 161 cm³/mol. The second-order valence-electron chi connectivity index (χ2n) is 13.8. The number of hydrogen-bond acceptors (Lipinski definition) is 9. The molecule has 2 aromatic rings. The summed E-state index contributed by atoms with van der Waals surface area (Å²) in [6.07, 6.45) is 6.94. The molecule has 0 saturated heterocycles. The van der Waals surface area contributed by atoms with Gasteiger partial charge in [0.1, 0.15) is 11.4 Å². The number of esters is 2. The highest BCUT2D eigenvalue weighted by atomic mass is 19.1. The van der Waals surface area contributed by atoms with Crippen molar-refractivity contribution in [3.8, 4) is 11.4 Å². The highest BCUT2D eigenvalue weighted by Gasteiger charge is 2.77. The average molecular weight is 624 g/mol. The van der Waals surface area contributed by atoms with Crippen molar-refractivity contribution in [1.29, 1.82) is 0 Å². The van der Waals surface area contributed by atoms with Gasteiger partial charge in [-0.3, -0.25) is 19.4 Å². The Labute approximate surface area is 262 Å². The standard InChI is InChI=1S/C34H42FN3O7/c1-6-29(42)44-18-28(41)34(45-30(43)7-2)19(3)10-25-24-9-8-21-11-26-20(15-37-38(26)22-12-23(39)17-36-16-22)13-31(21,4)33(24,35)27(40)14-32(25,34)5/h11-12,15-17,19,24-25,27,39-40H,6-10,13-14,18H2,1-5H3/t19-,24-,25-,27-,31-,32-,33-,34?/m0/s1. The third-order valence-electron chi connectivity index (χ3n) is 11.7. The summed E-state index contributed by atoms with van der Waals surface area (Å²) in [5.74, 6) is -3.10. The molecule has 0 radical (unpaired) electrons. The Morgan fingerprint density at radius 3 is 2.53 bits per heavy atom. The lowest BCUT2D eigenvalue weighted by Gasteiger charge is -2.63. The first-order chi connectivity index (χ1) is 21.3. The summed E-state index contributed by atoms with van der Waals surface area (Å²) < 4.78 is 31.2. The van der Waals surface area contributed by atoms with Gasteiger partial charge in [-0.25, -0.2) is 9.07 Å². The molecule has 2 heterocycles. The molecule has 1 unspecified atom stereocenters. The van der Waals surface area contributed by atoms with Gasteiger partial charge in [-0.05, 0) is 49.7 Å². The van der Waals surface area contributed by atoms with Crippen LogP contribution < -0.4 is 0 Å². The first-order valence-corrected chi connectivity index (χ1v) is 16.0. The molecular formula is C34H42FN3O7. The monoisotopic (exact) mass is 623 g/mol.